The third-order valence-electron chi connectivity index (χ3n) is 7.69. The van der Waals surface area contributed by atoms with Crippen LogP contribution in [0.15, 0.2) is 66.7 Å². The molecule has 0 bridgehead atoms. The molecule has 0 radical (unpaired) electrons. The molecule has 42 heavy (non-hydrogen) atoms. The van der Waals surface area contributed by atoms with Crippen molar-refractivity contribution in [2.75, 3.05) is 37.6 Å². The molecule has 1 fully saturated rings. The van der Waals surface area contributed by atoms with Crippen molar-refractivity contribution >= 4 is 29.1 Å². The number of halogens is 2. The van der Waals surface area contributed by atoms with Crippen LogP contribution >= 0.6 is 11.6 Å². The highest BCUT2D eigenvalue weighted by atomic mass is 35.5. The second-order valence-electron chi connectivity index (χ2n) is 11.0. The smallest absolute Gasteiger partial charge is 0.245 e. The standard InChI is InChI=1S/C33H41ClFN5O2/c1-23-11-12-25(28(34)19-23)21-30(38-32(41)13-14-36)33(42)40-17-15-39(16-18-40)31-10-6-4-7-26(31)20-24(2)37-22-27-8-3-5-9-29(27)35/h3-12,19,24,30,37H,13-18,20-22,36H2,1-2H3,(H,38,41). The van der Waals surface area contributed by atoms with Gasteiger partial charge in [-0.25, -0.2) is 4.39 Å². The molecule has 0 spiro atoms. The van der Waals surface area contributed by atoms with E-state index in [0.717, 1.165) is 23.2 Å². The number of para-hydroxylation sites is 1. The quantitative estimate of drug-likeness (QED) is 0.292. The Morgan fingerprint density at radius 3 is 2.33 bits per heavy atom. The summed E-state index contributed by atoms with van der Waals surface area (Å²) in [7, 11) is 0. The van der Waals surface area contributed by atoms with Gasteiger partial charge in [0, 0.05) is 74.4 Å². The summed E-state index contributed by atoms with van der Waals surface area (Å²) in [5.41, 5.74) is 10.4. The number of rotatable bonds is 12. The van der Waals surface area contributed by atoms with E-state index in [2.05, 4.69) is 34.6 Å². The summed E-state index contributed by atoms with van der Waals surface area (Å²) < 4.78 is 14.0. The molecule has 1 aliphatic heterocycles. The molecule has 0 saturated carbocycles. The molecule has 2 unspecified atom stereocenters. The highest BCUT2D eigenvalue weighted by Crippen LogP contribution is 2.25. The summed E-state index contributed by atoms with van der Waals surface area (Å²) >= 11 is 6.47. The van der Waals surface area contributed by atoms with Crippen LogP contribution < -0.4 is 21.3 Å². The van der Waals surface area contributed by atoms with Crippen LogP contribution in [0.3, 0.4) is 0 Å². The molecule has 1 aliphatic rings. The lowest BCUT2D eigenvalue weighted by Gasteiger charge is -2.38. The van der Waals surface area contributed by atoms with Gasteiger partial charge in [-0.05, 0) is 55.2 Å². The first kappa shape index (κ1) is 31.5. The lowest BCUT2D eigenvalue weighted by molar-refractivity contribution is -0.136. The van der Waals surface area contributed by atoms with E-state index in [-0.39, 0.29) is 36.6 Å². The van der Waals surface area contributed by atoms with E-state index in [0.29, 0.717) is 49.7 Å². The van der Waals surface area contributed by atoms with Gasteiger partial charge >= 0.3 is 0 Å². The van der Waals surface area contributed by atoms with Crippen molar-refractivity contribution in [2.24, 2.45) is 5.73 Å². The lowest BCUT2D eigenvalue weighted by Crippen LogP contribution is -2.56. The highest BCUT2D eigenvalue weighted by Gasteiger charge is 2.30. The number of piperazine rings is 1. The lowest BCUT2D eigenvalue weighted by atomic mass is 10.0. The summed E-state index contributed by atoms with van der Waals surface area (Å²) in [6.45, 7) is 7.18. The van der Waals surface area contributed by atoms with E-state index < -0.39 is 6.04 Å². The molecule has 1 saturated heterocycles. The Bertz CT molecular complexity index is 1360. The zero-order chi connectivity index (χ0) is 30.1. The Kier molecular flexibility index (Phi) is 11.3. The van der Waals surface area contributed by atoms with Gasteiger partial charge in [-0.3, -0.25) is 9.59 Å². The SMILES string of the molecule is Cc1ccc(CC(NC(=O)CCN)C(=O)N2CCN(c3ccccc3CC(C)NCc3ccccc3F)CC2)c(Cl)c1. The molecule has 2 amide bonds. The van der Waals surface area contributed by atoms with Gasteiger partial charge in [-0.15, -0.1) is 0 Å². The number of nitrogens with two attached hydrogens (primary N) is 1. The third kappa shape index (κ3) is 8.53. The molecule has 4 N–H and O–H groups in total. The summed E-state index contributed by atoms with van der Waals surface area (Å²) in [6.07, 6.45) is 1.26. The van der Waals surface area contributed by atoms with Gasteiger partial charge in [0.15, 0.2) is 0 Å². The van der Waals surface area contributed by atoms with E-state index in [1.807, 2.05) is 48.2 Å². The predicted molar refractivity (Wildman–Crippen MR) is 167 cm³/mol. The minimum absolute atomic E-state index is 0.115. The van der Waals surface area contributed by atoms with Crippen LogP contribution in [0.2, 0.25) is 5.02 Å². The van der Waals surface area contributed by atoms with Crippen molar-refractivity contribution in [2.45, 2.75) is 51.7 Å². The van der Waals surface area contributed by atoms with Gasteiger partial charge in [0.1, 0.15) is 11.9 Å². The van der Waals surface area contributed by atoms with Crippen LogP contribution in [-0.4, -0.2) is 61.5 Å². The summed E-state index contributed by atoms with van der Waals surface area (Å²) in [5, 5.41) is 6.92. The van der Waals surface area contributed by atoms with E-state index >= 15 is 0 Å². The highest BCUT2D eigenvalue weighted by molar-refractivity contribution is 6.31. The minimum Gasteiger partial charge on any atom is -0.368 e. The number of anilines is 1. The molecular formula is C33H41ClFN5O2. The number of nitrogens with one attached hydrogen (secondary N) is 2. The van der Waals surface area contributed by atoms with E-state index in [1.54, 1.807) is 12.1 Å². The fourth-order valence-corrected chi connectivity index (χ4v) is 5.66. The van der Waals surface area contributed by atoms with E-state index in [9.17, 15) is 14.0 Å². The number of aryl methyl sites for hydroxylation is 1. The molecule has 4 rings (SSSR count). The Morgan fingerprint density at radius 2 is 1.64 bits per heavy atom. The number of benzene rings is 3. The van der Waals surface area contributed by atoms with Gasteiger partial charge in [0.25, 0.3) is 0 Å². The van der Waals surface area contributed by atoms with Gasteiger partial charge in [-0.2, -0.15) is 0 Å². The van der Waals surface area contributed by atoms with Crippen LogP contribution in [0.1, 0.15) is 35.6 Å². The molecule has 1 heterocycles. The van der Waals surface area contributed by atoms with Gasteiger partial charge < -0.3 is 26.2 Å². The summed E-state index contributed by atoms with van der Waals surface area (Å²) in [5.74, 6) is -0.562. The molecule has 0 aromatic heterocycles. The van der Waals surface area contributed by atoms with Crippen LogP contribution in [-0.2, 0) is 29.0 Å². The minimum atomic E-state index is -0.718. The number of carbonyl (C=O) groups excluding carboxylic acids is 2. The number of nitrogens with zero attached hydrogens (tertiary/aromatic N) is 2. The van der Waals surface area contributed by atoms with Crippen molar-refractivity contribution in [1.82, 2.24) is 15.5 Å². The maximum atomic E-state index is 14.0. The molecule has 9 heteroatoms. The molecule has 3 aromatic rings. The first-order valence-corrected chi connectivity index (χ1v) is 15.0. The van der Waals surface area contributed by atoms with Crippen molar-refractivity contribution in [3.8, 4) is 0 Å². The van der Waals surface area contributed by atoms with Crippen molar-refractivity contribution in [3.05, 3.63) is 99.8 Å². The zero-order valence-electron chi connectivity index (χ0n) is 24.4. The summed E-state index contributed by atoms with van der Waals surface area (Å²) in [4.78, 5) is 30.3. The third-order valence-corrected chi connectivity index (χ3v) is 8.04. The fourth-order valence-electron chi connectivity index (χ4n) is 5.34. The molecular weight excluding hydrogens is 553 g/mol. The van der Waals surface area contributed by atoms with Gasteiger partial charge in [0.2, 0.25) is 11.8 Å². The Morgan fingerprint density at radius 1 is 0.952 bits per heavy atom. The predicted octanol–water partition coefficient (Wildman–Crippen LogP) is 4.23. The molecule has 7 nitrogen and oxygen atoms in total. The van der Waals surface area contributed by atoms with Crippen LogP contribution in [0.25, 0.3) is 0 Å². The normalized spacial score (nSPS) is 14.9. The average Bonchev–Trinajstić information content (AvgIpc) is 2.98. The van der Waals surface area contributed by atoms with Crippen molar-refractivity contribution < 1.29 is 14.0 Å². The summed E-state index contributed by atoms with van der Waals surface area (Å²) in [6, 6.07) is 20.3. The van der Waals surface area contributed by atoms with Crippen LogP contribution in [0.4, 0.5) is 10.1 Å². The first-order valence-electron chi connectivity index (χ1n) is 14.6. The van der Waals surface area contributed by atoms with Gasteiger partial charge in [-0.1, -0.05) is 60.1 Å². The molecule has 2 atom stereocenters. The van der Waals surface area contributed by atoms with E-state index in [4.69, 9.17) is 17.3 Å². The topological polar surface area (TPSA) is 90.7 Å². The molecule has 0 aliphatic carbocycles. The number of carbonyl (C=O) groups is 2. The zero-order valence-corrected chi connectivity index (χ0v) is 25.2. The average molecular weight is 594 g/mol. The molecule has 224 valence electrons. The number of hydrogen-bond acceptors (Lipinski definition) is 5. The van der Waals surface area contributed by atoms with Crippen LogP contribution in [0, 0.1) is 12.7 Å². The second-order valence-corrected chi connectivity index (χ2v) is 11.4. The number of hydrogen-bond donors (Lipinski definition) is 3. The maximum Gasteiger partial charge on any atom is 0.245 e. The second kappa shape index (κ2) is 15.1. The monoisotopic (exact) mass is 593 g/mol. The Hall–Kier alpha value is -3.46. The largest absolute Gasteiger partial charge is 0.368 e. The number of amides is 2. The Labute approximate surface area is 253 Å². The molecule has 3 aromatic carbocycles. The fraction of sp³-hybridized carbons (Fsp3) is 0.394. The van der Waals surface area contributed by atoms with Crippen molar-refractivity contribution in [1.29, 1.82) is 0 Å². The Balaban J connectivity index is 1.38. The van der Waals surface area contributed by atoms with Crippen molar-refractivity contribution in [3.63, 3.8) is 0 Å². The first-order chi connectivity index (χ1) is 20.2. The van der Waals surface area contributed by atoms with Crippen LogP contribution in [0.5, 0.6) is 0 Å². The van der Waals surface area contributed by atoms with Gasteiger partial charge in [0.05, 0.1) is 0 Å². The van der Waals surface area contributed by atoms with E-state index in [1.165, 1.54) is 11.6 Å². The maximum absolute atomic E-state index is 14.0.